The van der Waals surface area contributed by atoms with Gasteiger partial charge in [-0.1, -0.05) is 53.5 Å². The lowest BCUT2D eigenvalue weighted by Gasteiger charge is -2.37. The van der Waals surface area contributed by atoms with Gasteiger partial charge in [-0.25, -0.2) is 9.97 Å². The number of ether oxygens (including phenoxy) is 1. The number of amides is 1. The molecule has 0 radical (unpaired) electrons. The number of nitrogens with zero attached hydrogens (tertiary/aromatic N) is 3. The molecule has 2 fully saturated rings. The van der Waals surface area contributed by atoms with Gasteiger partial charge in [-0.05, 0) is 62.8 Å². The summed E-state index contributed by atoms with van der Waals surface area (Å²) in [6.45, 7) is 3.03. The molecule has 2 atom stereocenters. The Bertz CT molecular complexity index is 1390. The van der Waals surface area contributed by atoms with E-state index in [2.05, 4.69) is 20.6 Å². The molecule has 11 heteroatoms. The van der Waals surface area contributed by atoms with Crippen molar-refractivity contribution in [2.45, 2.75) is 76.7 Å². The van der Waals surface area contributed by atoms with Crippen LogP contribution in [0.5, 0.6) is 0 Å². The second-order valence-electron chi connectivity index (χ2n) is 10.9. The fourth-order valence-corrected chi connectivity index (χ4v) is 6.16. The van der Waals surface area contributed by atoms with Crippen LogP contribution in [0.25, 0.3) is 11.3 Å². The van der Waals surface area contributed by atoms with Gasteiger partial charge in [0.05, 0.1) is 11.9 Å². The lowest BCUT2D eigenvalue weighted by Crippen LogP contribution is -2.52. The number of benzene rings is 2. The number of nitrogens with one attached hydrogen (secondary N) is 2. The number of nitrogens with two attached hydrogens (primary N) is 1. The van der Waals surface area contributed by atoms with Gasteiger partial charge < -0.3 is 26.0 Å². The molecule has 1 saturated heterocycles. The van der Waals surface area contributed by atoms with Crippen molar-refractivity contribution in [3.63, 3.8) is 0 Å². The Balaban J connectivity index is 1.23. The molecule has 1 aliphatic heterocycles. The Kier molecular flexibility index (Phi) is 9.82. The molecule has 2 heterocycles. The lowest BCUT2D eigenvalue weighted by atomic mass is 9.97. The van der Waals surface area contributed by atoms with Crippen molar-refractivity contribution in [3.8, 4) is 11.3 Å². The summed E-state index contributed by atoms with van der Waals surface area (Å²) in [6, 6.07) is 12.8. The van der Waals surface area contributed by atoms with E-state index in [1.807, 2.05) is 29.2 Å². The zero-order valence-electron chi connectivity index (χ0n) is 23.6. The van der Waals surface area contributed by atoms with Crippen LogP contribution < -0.4 is 16.4 Å². The molecule has 2 unspecified atom stereocenters. The zero-order valence-corrected chi connectivity index (χ0v) is 25.1. The zero-order chi connectivity index (χ0) is 29.6. The summed E-state index contributed by atoms with van der Waals surface area (Å²) in [7, 11) is 0. The molecule has 3 aromatic rings. The third kappa shape index (κ3) is 7.32. The van der Waals surface area contributed by atoms with Gasteiger partial charge in [0, 0.05) is 47.2 Å². The van der Waals surface area contributed by atoms with Gasteiger partial charge in [0.1, 0.15) is 12.1 Å². The largest absolute Gasteiger partial charge is 0.461 e. The number of nitrogen functional groups attached to an aromatic ring is 1. The van der Waals surface area contributed by atoms with Crippen molar-refractivity contribution < 1.29 is 14.3 Å². The molecule has 0 spiro atoms. The fraction of sp³-hybridized carbons (Fsp3) is 0.419. The summed E-state index contributed by atoms with van der Waals surface area (Å²) in [5, 5.41) is 7.58. The molecule has 2 aliphatic rings. The number of hydrogen-bond acceptors (Lipinski definition) is 8. The average Bonchev–Trinajstić information content (AvgIpc) is 3.50. The Morgan fingerprint density at radius 3 is 2.50 bits per heavy atom. The summed E-state index contributed by atoms with van der Waals surface area (Å²) in [6.07, 6.45) is 7.07. The molecule has 222 valence electrons. The number of carbonyl (C=O) groups excluding carboxylic acids is 2. The molecule has 4 N–H and O–H groups in total. The Morgan fingerprint density at radius 2 is 1.81 bits per heavy atom. The van der Waals surface area contributed by atoms with E-state index in [-0.39, 0.29) is 29.8 Å². The number of esters is 1. The van der Waals surface area contributed by atoms with Crippen molar-refractivity contribution in [3.05, 3.63) is 69.8 Å². The highest BCUT2D eigenvalue weighted by atomic mass is 35.5. The van der Waals surface area contributed by atoms with Crippen LogP contribution in [-0.2, 0) is 27.4 Å². The van der Waals surface area contributed by atoms with Crippen molar-refractivity contribution in [2.24, 2.45) is 0 Å². The predicted molar refractivity (Wildman–Crippen MR) is 165 cm³/mol. The highest BCUT2D eigenvalue weighted by Gasteiger charge is 2.34. The molecule has 1 saturated carbocycles. The molecule has 5 rings (SSSR count). The first-order valence-electron chi connectivity index (χ1n) is 14.4. The standard InChI is InChI=1S/C31H36Cl2N6O3/c1-19(40)39(22-13-14-35-27(15-22)31(41)42-23-5-2-3-6-23)18-20-9-11-21(12-10-20)28-17-36-29(34)30(38-28)37-16-24-25(32)7-4-8-26(24)33/h4,7-12,17,22-23,27,35H,2-3,5-6,13-16,18H2,1H3,(H2,34,36)(H,37,38). The second kappa shape index (κ2) is 13.7. The van der Waals surface area contributed by atoms with E-state index in [0.717, 1.165) is 48.8 Å². The van der Waals surface area contributed by atoms with Gasteiger partial charge in [-0.15, -0.1) is 0 Å². The second-order valence-corrected chi connectivity index (χ2v) is 11.7. The summed E-state index contributed by atoms with van der Waals surface area (Å²) < 4.78 is 5.74. The SMILES string of the molecule is CC(=O)N(Cc1ccc(-c2cnc(N)c(NCc3c(Cl)cccc3Cl)n2)cc1)C1CCNC(C(=O)OC2CCCC2)C1. The van der Waals surface area contributed by atoms with Crippen molar-refractivity contribution >= 4 is 46.7 Å². The number of halogens is 2. The number of rotatable bonds is 9. The Hall–Kier alpha value is -3.40. The Morgan fingerprint density at radius 1 is 1.10 bits per heavy atom. The molecule has 2 aromatic carbocycles. The molecule has 0 bridgehead atoms. The lowest BCUT2D eigenvalue weighted by molar-refractivity contribution is -0.153. The van der Waals surface area contributed by atoms with Gasteiger partial charge in [-0.2, -0.15) is 0 Å². The van der Waals surface area contributed by atoms with E-state index < -0.39 is 6.04 Å². The van der Waals surface area contributed by atoms with Gasteiger partial charge in [0.2, 0.25) is 5.91 Å². The van der Waals surface area contributed by atoms with Crippen molar-refractivity contribution in [2.75, 3.05) is 17.6 Å². The molecule has 42 heavy (non-hydrogen) atoms. The summed E-state index contributed by atoms with van der Waals surface area (Å²) in [5.41, 5.74) is 9.31. The van der Waals surface area contributed by atoms with Gasteiger partial charge >= 0.3 is 5.97 Å². The Labute approximate surface area is 256 Å². The first kappa shape index (κ1) is 30.1. The van der Waals surface area contributed by atoms with Crippen molar-refractivity contribution in [1.29, 1.82) is 0 Å². The first-order valence-corrected chi connectivity index (χ1v) is 15.1. The minimum absolute atomic E-state index is 0.0207. The molecular weight excluding hydrogens is 575 g/mol. The quantitative estimate of drug-likeness (QED) is 0.268. The van der Waals surface area contributed by atoms with Crippen LogP contribution in [0, 0.1) is 0 Å². The van der Waals surface area contributed by atoms with Crippen LogP contribution in [0.4, 0.5) is 11.6 Å². The number of piperidine rings is 1. The maximum absolute atomic E-state index is 12.8. The normalized spacial score (nSPS) is 18.9. The van der Waals surface area contributed by atoms with Crippen LogP contribution in [0.3, 0.4) is 0 Å². The molecule has 9 nitrogen and oxygen atoms in total. The van der Waals surface area contributed by atoms with E-state index in [4.69, 9.17) is 33.7 Å². The minimum Gasteiger partial charge on any atom is -0.461 e. The topological polar surface area (TPSA) is 122 Å². The third-order valence-corrected chi connectivity index (χ3v) is 8.70. The van der Waals surface area contributed by atoms with E-state index in [1.165, 1.54) is 0 Å². The van der Waals surface area contributed by atoms with E-state index in [0.29, 0.717) is 47.6 Å². The van der Waals surface area contributed by atoms with Crippen LogP contribution in [0.15, 0.2) is 48.7 Å². The predicted octanol–water partition coefficient (Wildman–Crippen LogP) is 5.60. The van der Waals surface area contributed by atoms with E-state index in [9.17, 15) is 9.59 Å². The van der Waals surface area contributed by atoms with Crippen LogP contribution >= 0.6 is 23.2 Å². The van der Waals surface area contributed by atoms with E-state index >= 15 is 0 Å². The first-order chi connectivity index (χ1) is 20.3. The summed E-state index contributed by atoms with van der Waals surface area (Å²) in [4.78, 5) is 36.3. The maximum atomic E-state index is 12.8. The number of hydrogen-bond donors (Lipinski definition) is 3. The molecule has 1 amide bonds. The van der Waals surface area contributed by atoms with Gasteiger partial charge in [0.15, 0.2) is 11.6 Å². The molecule has 1 aliphatic carbocycles. The fourth-order valence-electron chi connectivity index (χ4n) is 5.63. The van der Waals surface area contributed by atoms with Gasteiger partial charge in [0.25, 0.3) is 0 Å². The summed E-state index contributed by atoms with van der Waals surface area (Å²) in [5.74, 6) is 0.478. The average molecular weight is 612 g/mol. The third-order valence-electron chi connectivity index (χ3n) is 7.99. The van der Waals surface area contributed by atoms with E-state index in [1.54, 1.807) is 31.3 Å². The number of anilines is 2. The highest BCUT2D eigenvalue weighted by Crippen LogP contribution is 2.28. The van der Waals surface area contributed by atoms with Crippen molar-refractivity contribution in [1.82, 2.24) is 20.2 Å². The smallest absolute Gasteiger partial charge is 0.323 e. The highest BCUT2D eigenvalue weighted by molar-refractivity contribution is 6.36. The number of carbonyl (C=O) groups is 2. The van der Waals surface area contributed by atoms with Crippen LogP contribution in [0.1, 0.15) is 56.6 Å². The molecular formula is C31H36Cl2N6O3. The monoisotopic (exact) mass is 610 g/mol. The number of aromatic nitrogens is 2. The molecule has 1 aromatic heterocycles. The van der Waals surface area contributed by atoms with Gasteiger partial charge in [-0.3, -0.25) is 9.59 Å². The minimum atomic E-state index is -0.394. The summed E-state index contributed by atoms with van der Waals surface area (Å²) >= 11 is 12.6. The van der Waals surface area contributed by atoms with Crippen LogP contribution in [0.2, 0.25) is 10.0 Å². The van der Waals surface area contributed by atoms with Crippen LogP contribution in [-0.4, -0.2) is 51.5 Å². The maximum Gasteiger partial charge on any atom is 0.323 e.